The molecular formula is C34H56S2. The van der Waals surface area contributed by atoms with Crippen LogP contribution in [0.5, 0.6) is 0 Å². The topological polar surface area (TPSA) is 0 Å². The van der Waals surface area contributed by atoms with Crippen molar-refractivity contribution in [3.8, 4) is 0 Å². The molecule has 0 unspecified atom stereocenters. The quantitative estimate of drug-likeness (QED) is 0.150. The first-order valence-electron chi connectivity index (χ1n) is 16.0. The predicted molar refractivity (Wildman–Crippen MR) is 165 cm³/mol. The zero-order chi connectivity index (χ0) is 25.3. The second-order valence-electron chi connectivity index (χ2n) is 11.6. The Balaban J connectivity index is 1.26. The first-order valence-corrected chi connectivity index (χ1v) is 17.6. The van der Waals surface area contributed by atoms with E-state index in [9.17, 15) is 0 Å². The SMILES string of the molecule is CCCCCCCCCCCCc1ccc(C2CCC(c3ccc(CCCCCCCC)s3)CC2)s1. The minimum atomic E-state index is 0.829. The molecule has 0 aliphatic heterocycles. The summed E-state index contributed by atoms with van der Waals surface area (Å²) in [4.78, 5) is 6.65. The molecule has 1 aliphatic rings. The van der Waals surface area contributed by atoms with Gasteiger partial charge in [0.25, 0.3) is 0 Å². The van der Waals surface area contributed by atoms with Gasteiger partial charge in [-0.3, -0.25) is 0 Å². The van der Waals surface area contributed by atoms with Crippen molar-refractivity contribution < 1.29 is 0 Å². The zero-order valence-corrected chi connectivity index (χ0v) is 25.5. The van der Waals surface area contributed by atoms with Gasteiger partial charge in [-0.2, -0.15) is 0 Å². The number of hydrogen-bond acceptors (Lipinski definition) is 2. The molecule has 2 heteroatoms. The molecule has 204 valence electrons. The molecule has 0 N–H and O–H groups in total. The van der Waals surface area contributed by atoms with E-state index in [2.05, 4.69) is 60.8 Å². The molecule has 0 spiro atoms. The monoisotopic (exact) mass is 528 g/mol. The summed E-state index contributed by atoms with van der Waals surface area (Å²) >= 11 is 4.27. The summed E-state index contributed by atoms with van der Waals surface area (Å²) in [7, 11) is 0. The first-order chi connectivity index (χ1) is 17.8. The van der Waals surface area contributed by atoms with E-state index in [4.69, 9.17) is 0 Å². The van der Waals surface area contributed by atoms with Crippen LogP contribution in [-0.4, -0.2) is 0 Å². The summed E-state index contributed by atoms with van der Waals surface area (Å²) in [5.41, 5.74) is 0. The lowest BCUT2D eigenvalue weighted by atomic mass is 9.81. The molecule has 1 fully saturated rings. The van der Waals surface area contributed by atoms with Gasteiger partial charge in [0.2, 0.25) is 0 Å². The Bertz CT molecular complexity index is 777. The number of hydrogen-bond donors (Lipinski definition) is 0. The number of thiophene rings is 2. The molecule has 2 heterocycles. The molecule has 0 amide bonds. The molecule has 0 nitrogen and oxygen atoms in total. The van der Waals surface area contributed by atoms with Gasteiger partial charge in [-0.25, -0.2) is 0 Å². The number of aryl methyl sites for hydroxylation is 2. The molecule has 0 saturated heterocycles. The summed E-state index contributed by atoms with van der Waals surface area (Å²) in [5.74, 6) is 1.66. The standard InChI is InChI=1S/C34H56S2/c1-3-5-7-9-11-12-13-14-16-18-20-32-26-28-34(36-32)30-23-21-29(22-24-30)33-27-25-31(35-33)19-17-15-10-8-6-4-2/h25-30H,3-24H2,1-2H3. The van der Waals surface area contributed by atoms with E-state index >= 15 is 0 Å². The van der Waals surface area contributed by atoms with E-state index in [-0.39, 0.29) is 0 Å². The highest BCUT2D eigenvalue weighted by molar-refractivity contribution is 7.12. The Morgan fingerprint density at radius 2 is 0.806 bits per heavy atom. The second kappa shape index (κ2) is 18.6. The lowest BCUT2D eigenvalue weighted by Gasteiger charge is -2.27. The highest BCUT2D eigenvalue weighted by atomic mass is 32.1. The average Bonchev–Trinajstić information content (AvgIpc) is 3.57. The summed E-state index contributed by atoms with van der Waals surface area (Å²) in [6.07, 6.45) is 31.0. The molecule has 0 atom stereocenters. The van der Waals surface area contributed by atoms with Crippen LogP contribution in [0.3, 0.4) is 0 Å². The zero-order valence-electron chi connectivity index (χ0n) is 23.8. The average molecular weight is 529 g/mol. The summed E-state index contributed by atoms with van der Waals surface area (Å²) in [6, 6.07) is 9.84. The number of unbranched alkanes of at least 4 members (excludes halogenated alkanes) is 14. The van der Waals surface area contributed by atoms with E-state index < -0.39 is 0 Å². The molecule has 2 aromatic heterocycles. The molecule has 36 heavy (non-hydrogen) atoms. The van der Waals surface area contributed by atoms with E-state index in [0.29, 0.717) is 0 Å². The Morgan fingerprint density at radius 3 is 1.17 bits per heavy atom. The maximum atomic E-state index is 2.48. The van der Waals surface area contributed by atoms with Crippen LogP contribution in [0, 0.1) is 0 Å². The minimum Gasteiger partial charge on any atom is -0.145 e. The third-order valence-electron chi connectivity index (χ3n) is 8.45. The van der Waals surface area contributed by atoms with Crippen LogP contribution in [0.2, 0.25) is 0 Å². The smallest absolute Gasteiger partial charge is 0.00791 e. The van der Waals surface area contributed by atoms with Crippen LogP contribution in [-0.2, 0) is 12.8 Å². The molecule has 1 saturated carbocycles. The van der Waals surface area contributed by atoms with Gasteiger partial charge >= 0.3 is 0 Å². The van der Waals surface area contributed by atoms with Crippen molar-refractivity contribution in [1.82, 2.24) is 0 Å². The minimum absolute atomic E-state index is 0.829. The van der Waals surface area contributed by atoms with E-state index in [1.807, 2.05) is 0 Å². The van der Waals surface area contributed by atoms with Gasteiger partial charge in [0.1, 0.15) is 0 Å². The Hall–Kier alpha value is -0.600. The third-order valence-corrected chi connectivity index (χ3v) is 11.1. The van der Waals surface area contributed by atoms with Gasteiger partial charge in [0.05, 0.1) is 0 Å². The Morgan fingerprint density at radius 1 is 0.472 bits per heavy atom. The molecule has 0 aromatic carbocycles. The summed E-state index contributed by atoms with van der Waals surface area (Å²) < 4.78 is 0. The van der Waals surface area contributed by atoms with Gasteiger partial charge in [0, 0.05) is 19.5 Å². The van der Waals surface area contributed by atoms with Gasteiger partial charge in [-0.15, -0.1) is 22.7 Å². The van der Waals surface area contributed by atoms with Crippen LogP contribution >= 0.6 is 22.7 Å². The van der Waals surface area contributed by atoms with Crippen LogP contribution < -0.4 is 0 Å². The van der Waals surface area contributed by atoms with Crippen LogP contribution in [0.1, 0.15) is 174 Å². The van der Waals surface area contributed by atoms with E-state index in [1.165, 1.54) is 141 Å². The van der Waals surface area contributed by atoms with Gasteiger partial charge in [0.15, 0.2) is 0 Å². The summed E-state index contributed by atoms with van der Waals surface area (Å²) in [5, 5.41) is 0. The molecular weight excluding hydrogens is 473 g/mol. The lowest BCUT2D eigenvalue weighted by Crippen LogP contribution is -2.10. The molecule has 2 aromatic rings. The van der Waals surface area contributed by atoms with Gasteiger partial charge in [-0.05, 0) is 87.5 Å². The van der Waals surface area contributed by atoms with Crippen molar-refractivity contribution in [3.63, 3.8) is 0 Å². The fourth-order valence-corrected chi connectivity index (χ4v) is 8.47. The largest absolute Gasteiger partial charge is 0.145 e. The number of rotatable bonds is 20. The van der Waals surface area contributed by atoms with E-state index in [1.54, 1.807) is 19.5 Å². The third kappa shape index (κ3) is 11.4. The van der Waals surface area contributed by atoms with Gasteiger partial charge < -0.3 is 0 Å². The normalized spacial score (nSPS) is 18.2. The van der Waals surface area contributed by atoms with Crippen molar-refractivity contribution in [3.05, 3.63) is 43.8 Å². The van der Waals surface area contributed by atoms with Crippen molar-refractivity contribution >= 4 is 22.7 Å². The summed E-state index contributed by atoms with van der Waals surface area (Å²) in [6.45, 7) is 4.61. The first kappa shape index (κ1) is 29.9. The lowest BCUT2D eigenvalue weighted by molar-refractivity contribution is 0.403. The van der Waals surface area contributed by atoms with Gasteiger partial charge in [-0.1, -0.05) is 104 Å². The Labute approximate surface area is 232 Å². The Kier molecular flexibility index (Phi) is 15.5. The van der Waals surface area contributed by atoms with Crippen molar-refractivity contribution in [1.29, 1.82) is 0 Å². The fourth-order valence-electron chi connectivity index (χ4n) is 6.03. The van der Waals surface area contributed by atoms with Crippen molar-refractivity contribution in [2.45, 2.75) is 167 Å². The molecule has 1 aliphatic carbocycles. The van der Waals surface area contributed by atoms with Crippen LogP contribution in [0.25, 0.3) is 0 Å². The molecule has 3 rings (SSSR count). The fraction of sp³-hybridized carbons (Fsp3) is 0.765. The van der Waals surface area contributed by atoms with Crippen molar-refractivity contribution in [2.75, 3.05) is 0 Å². The van der Waals surface area contributed by atoms with Crippen LogP contribution in [0.4, 0.5) is 0 Å². The van der Waals surface area contributed by atoms with E-state index in [0.717, 1.165) is 11.8 Å². The van der Waals surface area contributed by atoms with Crippen molar-refractivity contribution in [2.24, 2.45) is 0 Å². The molecule has 0 bridgehead atoms. The van der Waals surface area contributed by atoms with Crippen LogP contribution in [0.15, 0.2) is 24.3 Å². The predicted octanol–water partition coefficient (Wildman–Crippen LogP) is 12.6. The highest BCUT2D eigenvalue weighted by Gasteiger charge is 2.25. The second-order valence-corrected chi connectivity index (χ2v) is 14.0. The molecule has 0 radical (unpaired) electrons. The maximum absolute atomic E-state index is 2.48. The maximum Gasteiger partial charge on any atom is 0.00791 e. The highest BCUT2D eigenvalue weighted by Crippen LogP contribution is 2.44.